The van der Waals surface area contributed by atoms with Crippen LogP contribution in [0, 0.1) is 0 Å². The second-order valence-electron chi connectivity index (χ2n) is 5.06. The number of amides is 3. The molecule has 5 nitrogen and oxygen atoms in total. The van der Waals surface area contributed by atoms with E-state index in [9.17, 15) is 9.59 Å². The van der Waals surface area contributed by atoms with Crippen LogP contribution in [0.4, 0.5) is 4.79 Å². The molecule has 2 aromatic rings. The number of halogens is 1. The van der Waals surface area contributed by atoms with Crippen molar-refractivity contribution < 1.29 is 9.59 Å². The molecule has 2 heterocycles. The normalized spacial score (nSPS) is 10.7. The van der Waals surface area contributed by atoms with Gasteiger partial charge >= 0.3 is 6.03 Å². The first-order valence-corrected chi connectivity index (χ1v) is 9.59. The molecule has 0 saturated carbocycles. The summed E-state index contributed by atoms with van der Waals surface area (Å²) in [5.74, 6) is -0.310. The van der Waals surface area contributed by atoms with E-state index in [2.05, 4.69) is 26.6 Å². The quantitative estimate of drug-likeness (QED) is 0.730. The molecule has 23 heavy (non-hydrogen) atoms. The highest BCUT2D eigenvalue weighted by atomic mass is 79.9. The Balaban J connectivity index is 1.64. The van der Waals surface area contributed by atoms with Crippen molar-refractivity contribution in [3.63, 3.8) is 0 Å². The van der Waals surface area contributed by atoms with Crippen LogP contribution in [0.1, 0.15) is 10.4 Å². The molecular formula is C15H18BrN3O2S2. The minimum atomic E-state index is -0.446. The van der Waals surface area contributed by atoms with Gasteiger partial charge in [-0.3, -0.25) is 15.0 Å². The van der Waals surface area contributed by atoms with Crippen LogP contribution in [-0.2, 0) is 17.8 Å². The zero-order chi connectivity index (χ0) is 16.7. The lowest BCUT2D eigenvalue weighted by Gasteiger charge is -2.15. The molecular weight excluding hydrogens is 398 g/mol. The van der Waals surface area contributed by atoms with E-state index in [0.29, 0.717) is 13.1 Å². The lowest BCUT2D eigenvalue weighted by Crippen LogP contribution is -2.44. The maximum absolute atomic E-state index is 11.8. The van der Waals surface area contributed by atoms with Gasteiger partial charge in [-0.25, -0.2) is 4.79 Å². The second kappa shape index (κ2) is 9.17. The Morgan fingerprint density at radius 3 is 2.83 bits per heavy atom. The molecule has 0 saturated heterocycles. The number of imide groups is 1. The van der Waals surface area contributed by atoms with Crippen molar-refractivity contribution in [2.75, 3.05) is 20.1 Å². The first-order chi connectivity index (χ1) is 11.0. The largest absolute Gasteiger partial charge is 0.337 e. The average molecular weight is 416 g/mol. The number of thiophene rings is 2. The van der Waals surface area contributed by atoms with Gasteiger partial charge in [-0.05, 0) is 57.9 Å². The zero-order valence-electron chi connectivity index (χ0n) is 12.7. The van der Waals surface area contributed by atoms with Crippen molar-refractivity contribution in [2.24, 2.45) is 0 Å². The van der Waals surface area contributed by atoms with Gasteiger partial charge < -0.3 is 5.32 Å². The maximum atomic E-state index is 11.8. The summed E-state index contributed by atoms with van der Waals surface area (Å²) in [7, 11) is 1.85. The Hall–Kier alpha value is -1.22. The van der Waals surface area contributed by atoms with Gasteiger partial charge in [0.05, 0.1) is 10.3 Å². The van der Waals surface area contributed by atoms with E-state index in [4.69, 9.17) is 0 Å². The van der Waals surface area contributed by atoms with Crippen molar-refractivity contribution in [2.45, 2.75) is 13.0 Å². The highest BCUT2D eigenvalue weighted by Crippen LogP contribution is 2.21. The fourth-order valence-electron chi connectivity index (χ4n) is 2.01. The maximum Gasteiger partial charge on any atom is 0.321 e. The predicted molar refractivity (Wildman–Crippen MR) is 97.9 cm³/mol. The van der Waals surface area contributed by atoms with Crippen molar-refractivity contribution in [3.8, 4) is 0 Å². The summed E-state index contributed by atoms with van der Waals surface area (Å²) in [5.41, 5.74) is 1.14. The highest BCUT2D eigenvalue weighted by molar-refractivity contribution is 9.11. The van der Waals surface area contributed by atoms with Crippen molar-refractivity contribution in [3.05, 3.63) is 43.2 Å². The van der Waals surface area contributed by atoms with Crippen LogP contribution in [-0.4, -0.2) is 37.0 Å². The van der Waals surface area contributed by atoms with Gasteiger partial charge in [0, 0.05) is 18.0 Å². The molecule has 2 rings (SSSR count). The van der Waals surface area contributed by atoms with Gasteiger partial charge in [0.15, 0.2) is 0 Å². The molecule has 0 aliphatic rings. The van der Waals surface area contributed by atoms with Crippen LogP contribution in [0.15, 0.2) is 32.7 Å². The van der Waals surface area contributed by atoms with Gasteiger partial charge in [0.25, 0.3) is 0 Å². The Bertz CT molecular complexity index is 643. The zero-order valence-corrected chi connectivity index (χ0v) is 15.9. The van der Waals surface area contributed by atoms with Crippen molar-refractivity contribution in [1.29, 1.82) is 0 Å². The van der Waals surface area contributed by atoms with E-state index >= 15 is 0 Å². The second-order valence-corrected chi connectivity index (χ2v) is 8.39. The van der Waals surface area contributed by atoms with Crippen LogP contribution in [0.25, 0.3) is 0 Å². The van der Waals surface area contributed by atoms with Crippen LogP contribution in [0.5, 0.6) is 0 Å². The average Bonchev–Trinajstić information content (AvgIpc) is 3.10. The molecule has 124 valence electrons. The predicted octanol–water partition coefficient (Wildman–Crippen LogP) is 3.07. The smallest absolute Gasteiger partial charge is 0.321 e. The standard InChI is InChI=1S/C15H18BrN3O2S2/c1-19(8-11-7-13(16)23-10-11)9-14(20)18-15(21)17-5-4-12-3-2-6-22-12/h2-3,6-7,10H,4-5,8-9H2,1H3,(H2,17,18,20,21). The highest BCUT2D eigenvalue weighted by Gasteiger charge is 2.11. The molecule has 0 spiro atoms. The third kappa shape index (κ3) is 6.82. The summed E-state index contributed by atoms with van der Waals surface area (Å²) in [6.07, 6.45) is 0.770. The van der Waals surface area contributed by atoms with Crippen LogP contribution in [0.3, 0.4) is 0 Å². The Labute approximate surface area is 151 Å². The summed E-state index contributed by atoms with van der Waals surface area (Å²) in [4.78, 5) is 26.6. The fraction of sp³-hybridized carbons (Fsp3) is 0.333. The van der Waals surface area contributed by atoms with Gasteiger partial charge in [-0.15, -0.1) is 22.7 Å². The summed E-state index contributed by atoms with van der Waals surface area (Å²) < 4.78 is 1.07. The van der Waals surface area contributed by atoms with Crippen molar-refractivity contribution in [1.82, 2.24) is 15.5 Å². The van der Waals surface area contributed by atoms with E-state index < -0.39 is 6.03 Å². The molecule has 8 heteroatoms. The molecule has 2 N–H and O–H groups in total. The van der Waals surface area contributed by atoms with E-state index in [1.54, 1.807) is 22.7 Å². The minimum absolute atomic E-state index is 0.172. The van der Waals surface area contributed by atoms with Gasteiger partial charge in [-0.1, -0.05) is 6.07 Å². The SMILES string of the molecule is CN(CC(=O)NC(=O)NCCc1cccs1)Cc1csc(Br)c1. The topological polar surface area (TPSA) is 61.4 Å². The number of nitrogens with zero attached hydrogens (tertiary/aromatic N) is 1. The third-order valence-corrected chi connectivity index (χ3v) is 5.47. The van der Waals surface area contributed by atoms with Crippen LogP contribution < -0.4 is 10.6 Å². The number of hydrogen-bond donors (Lipinski definition) is 2. The van der Waals surface area contributed by atoms with E-state index in [1.165, 1.54) is 4.88 Å². The molecule has 0 atom stereocenters. The Morgan fingerprint density at radius 2 is 2.17 bits per heavy atom. The summed E-state index contributed by atoms with van der Waals surface area (Å²) in [6, 6.07) is 5.58. The molecule has 0 radical (unpaired) electrons. The Morgan fingerprint density at radius 1 is 1.35 bits per heavy atom. The van der Waals surface area contributed by atoms with E-state index in [1.807, 2.05) is 40.9 Å². The molecule has 0 aromatic carbocycles. The number of urea groups is 1. The molecule has 0 aliphatic carbocycles. The third-order valence-electron chi connectivity index (χ3n) is 2.98. The van der Waals surface area contributed by atoms with Crippen LogP contribution >= 0.6 is 38.6 Å². The Kier molecular flexibility index (Phi) is 7.22. The first-order valence-electron chi connectivity index (χ1n) is 7.04. The van der Waals surface area contributed by atoms with Crippen LogP contribution in [0.2, 0.25) is 0 Å². The summed E-state index contributed by atoms with van der Waals surface area (Å²) in [6.45, 7) is 1.35. The lowest BCUT2D eigenvalue weighted by molar-refractivity contribution is -0.120. The number of nitrogens with one attached hydrogen (secondary N) is 2. The fourth-order valence-corrected chi connectivity index (χ4v) is 3.92. The minimum Gasteiger partial charge on any atom is -0.337 e. The molecule has 2 aromatic heterocycles. The number of carbonyl (C=O) groups excluding carboxylic acids is 2. The number of rotatable bonds is 7. The van der Waals surface area contributed by atoms with Crippen molar-refractivity contribution >= 4 is 50.5 Å². The van der Waals surface area contributed by atoms with E-state index in [0.717, 1.165) is 15.8 Å². The molecule has 0 bridgehead atoms. The number of carbonyl (C=O) groups is 2. The summed E-state index contributed by atoms with van der Waals surface area (Å²) in [5, 5.41) is 9.08. The first kappa shape index (κ1) is 18.1. The van der Waals surface area contributed by atoms with Gasteiger partial charge in [0.2, 0.25) is 5.91 Å². The summed E-state index contributed by atoms with van der Waals surface area (Å²) >= 11 is 6.67. The lowest BCUT2D eigenvalue weighted by atomic mass is 10.3. The molecule has 0 fully saturated rings. The number of hydrogen-bond acceptors (Lipinski definition) is 5. The molecule has 0 aliphatic heterocycles. The molecule has 3 amide bonds. The molecule has 0 unspecified atom stereocenters. The van der Waals surface area contributed by atoms with Gasteiger partial charge in [-0.2, -0.15) is 0 Å². The van der Waals surface area contributed by atoms with E-state index in [-0.39, 0.29) is 12.5 Å². The number of likely N-dealkylation sites (N-methyl/N-ethyl adjacent to an activating group) is 1. The van der Waals surface area contributed by atoms with Gasteiger partial charge in [0.1, 0.15) is 0 Å². The monoisotopic (exact) mass is 415 g/mol.